The summed E-state index contributed by atoms with van der Waals surface area (Å²) in [6.07, 6.45) is 2.82. The van der Waals surface area contributed by atoms with Crippen LogP contribution < -0.4 is 5.32 Å². The first-order chi connectivity index (χ1) is 7.63. The summed E-state index contributed by atoms with van der Waals surface area (Å²) in [6, 6.07) is -0.00109. The zero-order valence-corrected chi connectivity index (χ0v) is 9.57. The first-order valence-corrected chi connectivity index (χ1v) is 5.73. The topological polar surface area (TPSA) is 75.6 Å². The molecule has 5 heteroatoms. The van der Waals surface area contributed by atoms with Crippen LogP contribution in [-0.4, -0.2) is 36.2 Å². The highest BCUT2D eigenvalue weighted by Crippen LogP contribution is 2.25. The Balaban J connectivity index is 2.18. The summed E-state index contributed by atoms with van der Waals surface area (Å²) in [6.45, 7) is 2.63. The van der Waals surface area contributed by atoms with Crippen molar-refractivity contribution in [1.29, 1.82) is 0 Å². The van der Waals surface area contributed by atoms with Gasteiger partial charge in [-0.2, -0.15) is 0 Å². The summed E-state index contributed by atoms with van der Waals surface area (Å²) in [5.74, 6) is -1.22. The van der Waals surface area contributed by atoms with Gasteiger partial charge < -0.3 is 15.2 Å². The zero-order valence-electron chi connectivity index (χ0n) is 9.57. The standard InChI is InChI=1S/C11H19NO4/c1-2-5-16-7-10(13)12-9-4-3-8(6-9)11(14)15/h8-9H,2-7H2,1H3,(H,12,13)(H,14,15). The van der Waals surface area contributed by atoms with Gasteiger partial charge in [-0.15, -0.1) is 0 Å². The first-order valence-electron chi connectivity index (χ1n) is 5.73. The number of carboxylic acids is 1. The monoisotopic (exact) mass is 229 g/mol. The molecule has 5 nitrogen and oxygen atoms in total. The van der Waals surface area contributed by atoms with Crippen LogP contribution in [-0.2, 0) is 14.3 Å². The van der Waals surface area contributed by atoms with Crippen molar-refractivity contribution in [3.8, 4) is 0 Å². The van der Waals surface area contributed by atoms with Crippen LogP contribution in [0.2, 0.25) is 0 Å². The molecular formula is C11H19NO4. The smallest absolute Gasteiger partial charge is 0.306 e. The predicted molar refractivity (Wildman–Crippen MR) is 58.0 cm³/mol. The number of amides is 1. The molecule has 92 valence electrons. The maximum Gasteiger partial charge on any atom is 0.306 e. The average Bonchev–Trinajstić information content (AvgIpc) is 2.66. The number of hydrogen-bond donors (Lipinski definition) is 2. The molecule has 0 spiro atoms. The second-order valence-electron chi connectivity index (χ2n) is 4.17. The Morgan fingerprint density at radius 2 is 2.19 bits per heavy atom. The predicted octanol–water partition coefficient (Wildman–Crippen LogP) is 0.782. The molecule has 2 N–H and O–H groups in total. The molecular weight excluding hydrogens is 210 g/mol. The Hall–Kier alpha value is -1.10. The third-order valence-electron chi connectivity index (χ3n) is 2.73. The third kappa shape index (κ3) is 4.18. The van der Waals surface area contributed by atoms with Crippen LogP contribution in [0.25, 0.3) is 0 Å². The van der Waals surface area contributed by atoms with Gasteiger partial charge in [-0.1, -0.05) is 6.92 Å². The molecule has 1 aliphatic rings. The lowest BCUT2D eigenvalue weighted by atomic mass is 10.1. The van der Waals surface area contributed by atoms with Crippen molar-refractivity contribution in [3.63, 3.8) is 0 Å². The third-order valence-corrected chi connectivity index (χ3v) is 2.73. The van der Waals surface area contributed by atoms with Crippen LogP contribution in [0.1, 0.15) is 32.6 Å². The SMILES string of the molecule is CCCOCC(=O)NC1CCC(C(=O)O)C1. The van der Waals surface area contributed by atoms with Crippen molar-refractivity contribution in [3.05, 3.63) is 0 Å². The van der Waals surface area contributed by atoms with Gasteiger partial charge in [-0.3, -0.25) is 9.59 Å². The lowest BCUT2D eigenvalue weighted by molar-refractivity contribution is -0.141. The van der Waals surface area contributed by atoms with Crippen LogP contribution in [0.5, 0.6) is 0 Å². The largest absolute Gasteiger partial charge is 0.481 e. The van der Waals surface area contributed by atoms with Gasteiger partial charge >= 0.3 is 5.97 Å². The fraction of sp³-hybridized carbons (Fsp3) is 0.818. The molecule has 16 heavy (non-hydrogen) atoms. The Labute approximate surface area is 95.2 Å². The lowest BCUT2D eigenvalue weighted by Gasteiger charge is -2.12. The molecule has 0 bridgehead atoms. The second kappa shape index (κ2) is 6.48. The van der Waals surface area contributed by atoms with Crippen molar-refractivity contribution in [2.75, 3.05) is 13.2 Å². The summed E-state index contributed by atoms with van der Waals surface area (Å²) in [4.78, 5) is 22.1. The Kier molecular flexibility index (Phi) is 5.25. The van der Waals surface area contributed by atoms with Gasteiger partial charge in [0.05, 0.1) is 5.92 Å². The lowest BCUT2D eigenvalue weighted by Crippen LogP contribution is -2.36. The number of ether oxygens (including phenoxy) is 1. The van der Waals surface area contributed by atoms with Gasteiger partial charge in [0.2, 0.25) is 5.91 Å². The summed E-state index contributed by atoms with van der Waals surface area (Å²) in [5.41, 5.74) is 0. The highest BCUT2D eigenvalue weighted by Gasteiger charge is 2.30. The molecule has 1 saturated carbocycles. The minimum absolute atomic E-state index is 0.00109. The molecule has 0 saturated heterocycles. The summed E-state index contributed by atoms with van der Waals surface area (Å²) < 4.78 is 5.10. The number of rotatable bonds is 6. The van der Waals surface area contributed by atoms with E-state index in [-0.39, 0.29) is 24.5 Å². The van der Waals surface area contributed by atoms with Crippen LogP contribution in [0.4, 0.5) is 0 Å². The quantitative estimate of drug-likeness (QED) is 0.660. The maximum atomic E-state index is 11.4. The molecule has 0 radical (unpaired) electrons. The molecule has 1 amide bonds. The van der Waals surface area contributed by atoms with Crippen molar-refractivity contribution in [1.82, 2.24) is 5.32 Å². The molecule has 0 aromatic rings. The van der Waals surface area contributed by atoms with E-state index in [4.69, 9.17) is 9.84 Å². The van der Waals surface area contributed by atoms with Crippen molar-refractivity contribution >= 4 is 11.9 Å². The normalized spacial score (nSPS) is 24.3. The molecule has 0 aromatic heterocycles. The number of aliphatic carboxylic acids is 1. The van der Waals surface area contributed by atoms with Crippen molar-refractivity contribution < 1.29 is 19.4 Å². The number of hydrogen-bond acceptors (Lipinski definition) is 3. The van der Waals surface area contributed by atoms with E-state index >= 15 is 0 Å². The fourth-order valence-electron chi connectivity index (χ4n) is 1.92. The molecule has 2 atom stereocenters. The second-order valence-corrected chi connectivity index (χ2v) is 4.17. The van der Waals surface area contributed by atoms with Gasteiger partial charge in [-0.05, 0) is 25.7 Å². The van der Waals surface area contributed by atoms with Crippen molar-refractivity contribution in [2.24, 2.45) is 5.92 Å². The van der Waals surface area contributed by atoms with Gasteiger partial charge in [0.15, 0.2) is 0 Å². The zero-order chi connectivity index (χ0) is 12.0. The van der Waals surface area contributed by atoms with Gasteiger partial charge in [0, 0.05) is 12.6 Å². The Morgan fingerprint density at radius 3 is 2.75 bits per heavy atom. The van der Waals surface area contributed by atoms with E-state index in [2.05, 4.69) is 5.32 Å². The molecule has 1 aliphatic carbocycles. The van der Waals surface area contributed by atoms with E-state index in [0.717, 1.165) is 12.8 Å². The number of carbonyl (C=O) groups excluding carboxylic acids is 1. The van der Waals surface area contributed by atoms with Gasteiger partial charge in [-0.25, -0.2) is 0 Å². The van der Waals surface area contributed by atoms with Crippen LogP contribution >= 0.6 is 0 Å². The van der Waals surface area contributed by atoms with Crippen LogP contribution in [0.15, 0.2) is 0 Å². The van der Waals surface area contributed by atoms with E-state index in [1.807, 2.05) is 6.92 Å². The highest BCUT2D eigenvalue weighted by atomic mass is 16.5. The number of carbonyl (C=O) groups is 2. The minimum atomic E-state index is -0.765. The van der Waals surface area contributed by atoms with E-state index in [1.54, 1.807) is 0 Å². The van der Waals surface area contributed by atoms with Crippen LogP contribution in [0.3, 0.4) is 0 Å². The summed E-state index contributed by atoms with van der Waals surface area (Å²) >= 11 is 0. The average molecular weight is 229 g/mol. The van der Waals surface area contributed by atoms with E-state index in [0.29, 0.717) is 19.4 Å². The Morgan fingerprint density at radius 1 is 1.44 bits per heavy atom. The molecule has 1 rings (SSSR count). The molecule has 0 aliphatic heterocycles. The van der Waals surface area contributed by atoms with Crippen molar-refractivity contribution in [2.45, 2.75) is 38.6 Å². The highest BCUT2D eigenvalue weighted by molar-refractivity contribution is 5.78. The first kappa shape index (κ1) is 13.0. The van der Waals surface area contributed by atoms with Crippen LogP contribution in [0, 0.1) is 5.92 Å². The minimum Gasteiger partial charge on any atom is -0.481 e. The summed E-state index contributed by atoms with van der Waals surface area (Å²) in [5, 5.41) is 11.6. The van der Waals surface area contributed by atoms with E-state index in [9.17, 15) is 9.59 Å². The number of carboxylic acid groups (broad SMARTS) is 1. The Bertz CT molecular complexity index is 254. The molecule has 1 fully saturated rings. The molecule has 0 heterocycles. The van der Waals surface area contributed by atoms with E-state index in [1.165, 1.54) is 0 Å². The van der Waals surface area contributed by atoms with Gasteiger partial charge in [0.25, 0.3) is 0 Å². The van der Waals surface area contributed by atoms with Gasteiger partial charge in [0.1, 0.15) is 6.61 Å². The molecule has 2 unspecified atom stereocenters. The molecule has 0 aromatic carbocycles. The maximum absolute atomic E-state index is 11.4. The number of nitrogens with one attached hydrogen (secondary N) is 1. The summed E-state index contributed by atoms with van der Waals surface area (Å²) in [7, 11) is 0. The van der Waals surface area contributed by atoms with E-state index < -0.39 is 5.97 Å². The fourth-order valence-corrected chi connectivity index (χ4v) is 1.92.